The van der Waals surface area contributed by atoms with E-state index >= 15 is 0 Å². The summed E-state index contributed by atoms with van der Waals surface area (Å²) in [6.45, 7) is 5.69. The lowest BCUT2D eigenvalue weighted by molar-refractivity contribution is 0.389. The molecule has 1 fully saturated rings. The Balaban J connectivity index is 2.13. The van der Waals surface area contributed by atoms with Crippen molar-refractivity contribution < 1.29 is 0 Å². The Labute approximate surface area is 120 Å². The van der Waals surface area contributed by atoms with Crippen LogP contribution in [0, 0.1) is 5.92 Å². The number of rotatable bonds is 2. The molecule has 0 saturated carbocycles. The van der Waals surface area contributed by atoms with E-state index in [9.17, 15) is 0 Å². The maximum Gasteiger partial charge on any atom is 0.224 e. The number of hydrogen-bond donors (Lipinski definition) is 1. The van der Waals surface area contributed by atoms with E-state index in [4.69, 9.17) is 4.98 Å². The molecular weight excluding hydrogens is 248 g/mol. The smallest absolute Gasteiger partial charge is 0.224 e. The highest BCUT2D eigenvalue weighted by atomic mass is 15.2. The summed E-state index contributed by atoms with van der Waals surface area (Å²) in [5, 5.41) is 4.22. The normalized spacial score (nSPS) is 23.1. The highest BCUT2D eigenvalue weighted by Gasteiger charge is 2.25. The van der Waals surface area contributed by atoms with Gasteiger partial charge in [-0.05, 0) is 37.8 Å². The molecule has 0 amide bonds. The van der Waals surface area contributed by atoms with Crippen molar-refractivity contribution in [3.05, 3.63) is 24.3 Å². The fourth-order valence-corrected chi connectivity index (χ4v) is 2.97. The Morgan fingerprint density at radius 3 is 2.75 bits per heavy atom. The van der Waals surface area contributed by atoms with Crippen LogP contribution in [0.1, 0.15) is 26.7 Å². The Bertz CT molecular complexity index is 610. The van der Waals surface area contributed by atoms with Crippen LogP contribution in [0.25, 0.3) is 10.9 Å². The molecule has 0 bridgehead atoms. The molecule has 1 aromatic carbocycles. The van der Waals surface area contributed by atoms with Gasteiger partial charge in [-0.15, -0.1) is 0 Å². The van der Waals surface area contributed by atoms with Gasteiger partial charge in [-0.2, -0.15) is 4.98 Å². The van der Waals surface area contributed by atoms with Gasteiger partial charge in [0.05, 0.1) is 5.52 Å². The monoisotopic (exact) mass is 270 g/mol. The Hall–Kier alpha value is -1.84. The summed E-state index contributed by atoms with van der Waals surface area (Å²) >= 11 is 0. The molecule has 1 saturated heterocycles. The fraction of sp³-hybridized carbons (Fsp3) is 0.500. The summed E-state index contributed by atoms with van der Waals surface area (Å²) in [5.74, 6) is 2.49. The van der Waals surface area contributed by atoms with Gasteiger partial charge >= 0.3 is 0 Å². The molecule has 3 rings (SSSR count). The summed E-state index contributed by atoms with van der Waals surface area (Å²) < 4.78 is 0. The average molecular weight is 270 g/mol. The molecule has 20 heavy (non-hydrogen) atoms. The Morgan fingerprint density at radius 1 is 1.15 bits per heavy atom. The molecule has 4 heteroatoms. The molecule has 2 aromatic rings. The number of nitrogens with zero attached hydrogens (tertiary/aromatic N) is 3. The van der Waals surface area contributed by atoms with Gasteiger partial charge in [-0.25, -0.2) is 4.98 Å². The second kappa shape index (κ2) is 5.27. The molecule has 2 heterocycles. The van der Waals surface area contributed by atoms with Crippen molar-refractivity contribution in [3.63, 3.8) is 0 Å². The molecule has 4 nitrogen and oxygen atoms in total. The van der Waals surface area contributed by atoms with Crippen LogP contribution in [0.5, 0.6) is 0 Å². The molecule has 0 spiro atoms. The van der Waals surface area contributed by atoms with Crippen molar-refractivity contribution in [3.8, 4) is 0 Å². The first-order chi connectivity index (χ1) is 9.69. The van der Waals surface area contributed by atoms with Crippen LogP contribution in [0.2, 0.25) is 0 Å². The van der Waals surface area contributed by atoms with Crippen LogP contribution in [-0.4, -0.2) is 29.6 Å². The SMILES string of the molecule is CNc1nc(N2CC(C)CCC2C)c2ccccc2n1. The van der Waals surface area contributed by atoms with E-state index in [1.165, 1.54) is 12.8 Å². The van der Waals surface area contributed by atoms with Gasteiger partial charge in [-0.1, -0.05) is 19.1 Å². The fourth-order valence-electron chi connectivity index (χ4n) is 2.97. The van der Waals surface area contributed by atoms with E-state index in [0.717, 1.165) is 29.2 Å². The number of aromatic nitrogens is 2. The number of fused-ring (bicyclic) bond motifs is 1. The molecule has 2 unspecified atom stereocenters. The van der Waals surface area contributed by atoms with E-state index in [1.54, 1.807) is 0 Å². The standard InChI is InChI=1S/C16H22N4/c1-11-8-9-12(2)20(10-11)15-13-6-4-5-7-14(13)18-16(17-3)19-15/h4-7,11-12H,8-10H2,1-3H3,(H,17,18,19). The lowest BCUT2D eigenvalue weighted by Crippen LogP contribution is -2.41. The summed E-state index contributed by atoms with van der Waals surface area (Å²) in [6.07, 6.45) is 2.54. The van der Waals surface area contributed by atoms with Crippen molar-refractivity contribution in [1.29, 1.82) is 0 Å². The third kappa shape index (κ3) is 2.30. The molecule has 1 aliphatic heterocycles. The van der Waals surface area contributed by atoms with Gasteiger partial charge in [0.15, 0.2) is 0 Å². The van der Waals surface area contributed by atoms with Crippen molar-refractivity contribution >= 4 is 22.7 Å². The van der Waals surface area contributed by atoms with Crippen molar-refractivity contribution in [2.45, 2.75) is 32.7 Å². The van der Waals surface area contributed by atoms with Crippen LogP contribution in [0.4, 0.5) is 11.8 Å². The van der Waals surface area contributed by atoms with Crippen molar-refractivity contribution in [2.24, 2.45) is 5.92 Å². The maximum atomic E-state index is 4.73. The van der Waals surface area contributed by atoms with Crippen LogP contribution in [0.3, 0.4) is 0 Å². The second-order valence-corrected chi connectivity index (χ2v) is 5.82. The molecule has 1 N–H and O–H groups in total. The van der Waals surface area contributed by atoms with E-state index in [0.29, 0.717) is 12.0 Å². The zero-order chi connectivity index (χ0) is 14.1. The minimum absolute atomic E-state index is 0.536. The summed E-state index contributed by atoms with van der Waals surface area (Å²) in [6, 6.07) is 8.80. The predicted octanol–water partition coefficient (Wildman–Crippen LogP) is 3.30. The summed E-state index contributed by atoms with van der Waals surface area (Å²) in [7, 11) is 1.87. The molecule has 2 atom stereocenters. The number of nitrogens with one attached hydrogen (secondary N) is 1. The van der Waals surface area contributed by atoms with Gasteiger partial charge < -0.3 is 10.2 Å². The molecule has 0 aliphatic carbocycles. The topological polar surface area (TPSA) is 41.1 Å². The second-order valence-electron chi connectivity index (χ2n) is 5.82. The van der Waals surface area contributed by atoms with Crippen LogP contribution in [0.15, 0.2) is 24.3 Å². The zero-order valence-corrected chi connectivity index (χ0v) is 12.4. The number of piperidine rings is 1. The Kier molecular flexibility index (Phi) is 3.47. The van der Waals surface area contributed by atoms with Gasteiger partial charge in [0.1, 0.15) is 5.82 Å². The average Bonchev–Trinajstić information content (AvgIpc) is 2.48. The first kappa shape index (κ1) is 13.2. The molecule has 0 radical (unpaired) electrons. The van der Waals surface area contributed by atoms with E-state index in [-0.39, 0.29) is 0 Å². The zero-order valence-electron chi connectivity index (χ0n) is 12.4. The van der Waals surface area contributed by atoms with Crippen LogP contribution in [-0.2, 0) is 0 Å². The molecular formula is C16H22N4. The highest BCUT2D eigenvalue weighted by molar-refractivity contribution is 5.90. The van der Waals surface area contributed by atoms with Gasteiger partial charge in [0.25, 0.3) is 0 Å². The van der Waals surface area contributed by atoms with E-state index in [2.05, 4.69) is 47.2 Å². The van der Waals surface area contributed by atoms with Gasteiger partial charge in [0.2, 0.25) is 5.95 Å². The maximum absolute atomic E-state index is 4.73. The van der Waals surface area contributed by atoms with Crippen LogP contribution < -0.4 is 10.2 Å². The largest absolute Gasteiger partial charge is 0.357 e. The van der Waals surface area contributed by atoms with E-state index < -0.39 is 0 Å². The molecule has 1 aliphatic rings. The van der Waals surface area contributed by atoms with Crippen molar-refractivity contribution in [1.82, 2.24) is 9.97 Å². The quantitative estimate of drug-likeness (QED) is 0.909. The summed E-state index contributed by atoms with van der Waals surface area (Å²) in [5.41, 5.74) is 1.01. The highest BCUT2D eigenvalue weighted by Crippen LogP contribution is 2.31. The predicted molar refractivity (Wildman–Crippen MR) is 84.3 cm³/mol. The Morgan fingerprint density at radius 2 is 1.95 bits per heavy atom. The minimum atomic E-state index is 0.536. The van der Waals surface area contributed by atoms with Gasteiger partial charge in [-0.3, -0.25) is 0 Å². The summed E-state index contributed by atoms with van der Waals surface area (Å²) in [4.78, 5) is 11.7. The molecule has 106 valence electrons. The third-order valence-electron chi connectivity index (χ3n) is 4.20. The lowest BCUT2D eigenvalue weighted by Gasteiger charge is -2.38. The first-order valence-corrected chi connectivity index (χ1v) is 7.40. The number of benzene rings is 1. The third-order valence-corrected chi connectivity index (χ3v) is 4.20. The van der Waals surface area contributed by atoms with Crippen LogP contribution >= 0.6 is 0 Å². The first-order valence-electron chi connectivity index (χ1n) is 7.40. The number of anilines is 2. The van der Waals surface area contributed by atoms with E-state index in [1.807, 2.05) is 13.1 Å². The molecule has 1 aromatic heterocycles. The lowest BCUT2D eigenvalue weighted by atomic mass is 9.95. The number of hydrogen-bond acceptors (Lipinski definition) is 4. The van der Waals surface area contributed by atoms with Crippen molar-refractivity contribution in [2.75, 3.05) is 23.8 Å². The minimum Gasteiger partial charge on any atom is -0.357 e. The number of para-hydroxylation sites is 1. The van der Waals surface area contributed by atoms with Gasteiger partial charge in [0, 0.05) is 25.0 Å².